The summed E-state index contributed by atoms with van der Waals surface area (Å²) in [5.41, 5.74) is 2.03. The smallest absolute Gasteiger partial charge is 0.181 e. The molecular weight excluding hydrogens is 252 g/mol. The van der Waals surface area contributed by atoms with E-state index >= 15 is 0 Å². The van der Waals surface area contributed by atoms with Crippen molar-refractivity contribution in [3.05, 3.63) is 40.9 Å². The van der Waals surface area contributed by atoms with Crippen molar-refractivity contribution in [1.82, 2.24) is 0 Å². The van der Waals surface area contributed by atoms with E-state index in [2.05, 4.69) is 0 Å². The molecular formula is C17H20O3. The van der Waals surface area contributed by atoms with Crippen LogP contribution in [0.1, 0.15) is 37.2 Å². The number of ketones is 1. The van der Waals surface area contributed by atoms with Gasteiger partial charge < -0.3 is 9.52 Å². The monoisotopic (exact) mass is 272 g/mol. The van der Waals surface area contributed by atoms with E-state index in [1.807, 2.05) is 25.1 Å². The summed E-state index contributed by atoms with van der Waals surface area (Å²) < 4.78 is 5.53. The molecule has 0 amide bonds. The number of hydrogen-bond donors (Lipinski definition) is 1. The molecule has 1 aromatic heterocycles. The zero-order valence-corrected chi connectivity index (χ0v) is 11.8. The average molecular weight is 272 g/mol. The van der Waals surface area contributed by atoms with Gasteiger partial charge in [0.25, 0.3) is 0 Å². The number of furan rings is 1. The maximum Gasteiger partial charge on any atom is 0.181 e. The molecule has 3 heteroatoms. The van der Waals surface area contributed by atoms with Crippen molar-refractivity contribution < 1.29 is 14.3 Å². The number of hydrogen-bond acceptors (Lipinski definition) is 3. The SMILES string of the molecule is Cc1ccc(C=C2C[C@@H]3C(=CC2=O)CCC[C@@H]3CO)o1. The molecule has 20 heavy (non-hydrogen) atoms. The van der Waals surface area contributed by atoms with E-state index in [0.29, 0.717) is 11.8 Å². The quantitative estimate of drug-likeness (QED) is 0.841. The molecule has 1 saturated carbocycles. The van der Waals surface area contributed by atoms with E-state index in [1.165, 1.54) is 5.57 Å². The molecule has 0 aliphatic heterocycles. The first-order valence-electron chi connectivity index (χ1n) is 7.30. The van der Waals surface area contributed by atoms with Crippen LogP contribution >= 0.6 is 0 Å². The Balaban J connectivity index is 1.89. The fourth-order valence-corrected chi connectivity index (χ4v) is 3.38. The second-order valence-electron chi connectivity index (χ2n) is 5.85. The topological polar surface area (TPSA) is 50.4 Å². The number of carbonyl (C=O) groups is 1. The molecule has 0 aromatic carbocycles. The fraction of sp³-hybridized carbons (Fsp3) is 0.471. The van der Waals surface area contributed by atoms with E-state index in [0.717, 1.165) is 42.8 Å². The zero-order valence-electron chi connectivity index (χ0n) is 11.8. The van der Waals surface area contributed by atoms with Gasteiger partial charge in [-0.25, -0.2) is 0 Å². The van der Waals surface area contributed by atoms with Crippen molar-refractivity contribution in [2.75, 3.05) is 6.61 Å². The Bertz CT molecular complexity index is 577. The normalized spacial score (nSPS) is 28.4. The maximum atomic E-state index is 12.2. The predicted octanol–water partition coefficient (Wildman–Crippen LogP) is 3.28. The number of carbonyl (C=O) groups excluding carboxylic acids is 1. The van der Waals surface area contributed by atoms with Crippen LogP contribution in [-0.4, -0.2) is 17.5 Å². The lowest BCUT2D eigenvalue weighted by molar-refractivity contribution is -0.112. The second-order valence-corrected chi connectivity index (χ2v) is 5.85. The molecule has 106 valence electrons. The molecule has 3 rings (SSSR count). The number of allylic oxidation sites excluding steroid dienone is 3. The number of aliphatic hydroxyl groups excluding tert-OH is 1. The first-order valence-corrected chi connectivity index (χ1v) is 7.30. The van der Waals surface area contributed by atoms with Crippen LogP contribution in [0.5, 0.6) is 0 Å². The minimum absolute atomic E-state index is 0.101. The second kappa shape index (κ2) is 5.41. The zero-order chi connectivity index (χ0) is 14.1. The molecule has 1 fully saturated rings. The van der Waals surface area contributed by atoms with Crippen molar-refractivity contribution >= 4 is 11.9 Å². The van der Waals surface area contributed by atoms with E-state index in [9.17, 15) is 9.90 Å². The summed E-state index contributed by atoms with van der Waals surface area (Å²) in [6, 6.07) is 3.79. The molecule has 0 spiro atoms. The van der Waals surface area contributed by atoms with E-state index in [1.54, 1.807) is 6.08 Å². The Labute approximate surface area is 119 Å². The van der Waals surface area contributed by atoms with Crippen LogP contribution in [0, 0.1) is 18.8 Å². The molecule has 0 radical (unpaired) electrons. The van der Waals surface area contributed by atoms with Gasteiger partial charge >= 0.3 is 0 Å². The van der Waals surface area contributed by atoms with Crippen LogP contribution < -0.4 is 0 Å². The van der Waals surface area contributed by atoms with Gasteiger partial charge in [-0.3, -0.25) is 4.79 Å². The summed E-state index contributed by atoms with van der Waals surface area (Å²) >= 11 is 0. The molecule has 2 aliphatic rings. The predicted molar refractivity (Wildman–Crippen MR) is 77.0 cm³/mol. The summed E-state index contributed by atoms with van der Waals surface area (Å²) in [7, 11) is 0. The van der Waals surface area contributed by atoms with E-state index in [-0.39, 0.29) is 12.4 Å². The lowest BCUT2D eigenvalue weighted by Gasteiger charge is -2.35. The number of aliphatic hydroxyl groups is 1. The van der Waals surface area contributed by atoms with Crippen LogP contribution in [0.4, 0.5) is 0 Å². The van der Waals surface area contributed by atoms with Crippen LogP contribution in [0.2, 0.25) is 0 Å². The maximum absolute atomic E-state index is 12.2. The minimum Gasteiger partial charge on any atom is -0.462 e. The summed E-state index contributed by atoms with van der Waals surface area (Å²) in [4.78, 5) is 12.2. The summed E-state index contributed by atoms with van der Waals surface area (Å²) in [6.07, 6.45) is 7.51. The average Bonchev–Trinajstić information content (AvgIpc) is 2.84. The molecule has 2 aliphatic carbocycles. The highest BCUT2D eigenvalue weighted by Gasteiger charge is 2.33. The Morgan fingerprint density at radius 3 is 3.00 bits per heavy atom. The fourth-order valence-electron chi connectivity index (χ4n) is 3.38. The molecule has 3 nitrogen and oxygen atoms in total. The van der Waals surface area contributed by atoms with Crippen LogP contribution in [0.3, 0.4) is 0 Å². The lowest BCUT2D eigenvalue weighted by Crippen LogP contribution is -2.29. The largest absolute Gasteiger partial charge is 0.462 e. The highest BCUT2D eigenvalue weighted by atomic mass is 16.3. The Morgan fingerprint density at radius 1 is 1.45 bits per heavy atom. The van der Waals surface area contributed by atoms with Gasteiger partial charge in [0, 0.05) is 12.2 Å². The van der Waals surface area contributed by atoms with Crippen molar-refractivity contribution in [3.8, 4) is 0 Å². The van der Waals surface area contributed by atoms with Crippen molar-refractivity contribution in [1.29, 1.82) is 0 Å². The molecule has 1 aromatic rings. The third-order valence-electron chi connectivity index (χ3n) is 4.47. The molecule has 1 heterocycles. The van der Waals surface area contributed by atoms with Gasteiger partial charge in [-0.05, 0) is 68.7 Å². The van der Waals surface area contributed by atoms with Crippen LogP contribution in [-0.2, 0) is 4.79 Å². The molecule has 0 bridgehead atoms. The van der Waals surface area contributed by atoms with E-state index in [4.69, 9.17) is 4.42 Å². The van der Waals surface area contributed by atoms with Crippen molar-refractivity contribution in [2.24, 2.45) is 11.8 Å². The number of rotatable bonds is 2. The Hall–Kier alpha value is -1.61. The summed E-state index contributed by atoms with van der Waals surface area (Å²) in [6.45, 7) is 2.11. The highest BCUT2D eigenvalue weighted by molar-refractivity contribution is 6.08. The Kier molecular flexibility index (Phi) is 3.62. The number of fused-ring (bicyclic) bond motifs is 1. The van der Waals surface area contributed by atoms with Gasteiger partial charge in [-0.1, -0.05) is 5.57 Å². The highest BCUT2D eigenvalue weighted by Crippen LogP contribution is 2.41. The van der Waals surface area contributed by atoms with Gasteiger partial charge in [-0.15, -0.1) is 0 Å². The first kappa shape index (κ1) is 13.4. The third-order valence-corrected chi connectivity index (χ3v) is 4.47. The molecule has 0 saturated heterocycles. The summed E-state index contributed by atoms with van der Waals surface area (Å²) in [5, 5.41) is 9.53. The van der Waals surface area contributed by atoms with Crippen molar-refractivity contribution in [3.63, 3.8) is 0 Å². The molecule has 1 N–H and O–H groups in total. The molecule has 0 unspecified atom stereocenters. The summed E-state index contributed by atoms with van der Waals surface area (Å²) in [5.74, 6) is 2.31. The van der Waals surface area contributed by atoms with Crippen molar-refractivity contribution in [2.45, 2.75) is 32.6 Å². The van der Waals surface area contributed by atoms with Gasteiger partial charge in [0.15, 0.2) is 5.78 Å². The Morgan fingerprint density at radius 2 is 2.30 bits per heavy atom. The first-order chi connectivity index (χ1) is 9.67. The number of aryl methyl sites for hydroxylation is 1. The van der Waals surface area contributed by atoms with Gasteiger partial charge in [0.05, 0.1) is 0 Å². The van der Waals surface area contributed by atoms with E-state index < -0.39 is 0 Å². The van der Waals surface area contributed by atoms with Gasteiger partial charge in [0.2, 0.25) is 0 Å². The third kappa shape index (κ3) is 2.50. The van der Waals surface area contributed by atoms with Gasteiger partial charge in [-0.2, -0.15) is 0 Å². The van der Waals surface area contributed by atoms with Crippen LogP contribution in [0.15, 0.2) is 33.8 Å². The van der Waals surface area contributed by atoms with Crippen LogP contribution in [0.25, 0.3) is 6.08 Å². The standard InChI is InChI=1S/C17H20O3/c1-11-5-6-15(20-11)7-14-8-16-12(9-17(14)19)3-2-4-13(16)10-18/h5-7,9,13,16,18H,2-4,8,10H2,1H3/t13-,16-/m1/s1. The van der Waals surface area contributed by atoms with Gasteiger partial charge in [0.1, 0.15) is 11.5 Å². The minimum atomic E-state index is 0.101. The lowest BCUT2D eigenvalue weighted by atomic mass is 9.69. The molecule has 2 atom stereocenters.